The SMILES string of the molecule is CC1(CO)CC(c2cc(C(F)(F)F)n(-c3ccc(NCc4c(F)cccc4F)cn3)n2)=NO1. The minimum Gasteiger partial charge on any atom is -0.392 e. The number of hydrogen-bond acceptors (Lipinski definition) is 6. The highest BCUT2D eigenvalue weighted by Crippen LogP contribution is 2.33. The summed E-state index contributed by atoms with van der Waals surface area (Å²) in [7, 11) is 0. The average Bonchev–Trinajstić information content (AvgIpc) is 3.39. The molecular weight excluding hydrogens is 449 g/mol. The van der Waals surface area contributed by atoms with Gasteiger partial charge in [0.25, 0.3) is 0 Å². The summed E-state index contributed by atoms with van der Waals surface area (Å²) in [4.78, 5) is 9.13. The molecule has 33 heavy (non-hydrogen) atoms. The van der Waals surface area contributed by atoms with Crippen LogP contribution in [-0.2, 0) is 17.6 Å². The Kier molecular flexibility index (Phi) is 5.78. The summed E-state index contributed by atoms with van der Waals surface area (Å²) in [5, 5.41) is 19.9. The highest BCUT2D eigenvalue weighted by atomic mass is 19.4. The second kappa shape index (κ2) is 8.43. The molecule has 0 radical (unpaired) electrons. The number of benzene rings is 1. The molecule has 2 N–H and O–H groups in total. The van der Waals surface area contributed by atoms with Gasteiger partial charge in [-0.05, 0) is 37.3 Å². The van der Waals surface area contributed by atoms with Gasteiger partial charge in [-0.3, -0.25) is 0 Å². The van der Waals surface area contributed by atoms with E-state index in [1.54, 1.807) is 6.92 Å². The Morgan fingerprint density at radius 1 is 1.18 bits per heavy atom. The molecule has 1 aromatic carbocycles. The van der Waals surface area contributed by atoms with Crippen molar-refractivity contribution in [1.82, 2.24) is 14.8 Å². The molecule has 0 aliphatic carbocycles. The molecule has 1 unspecified atom stereocenters. The zero-order valence-corrected chi connectivity index (χ0v) is 17.2. The van der Waals surface area contributed by atoms with E-state index in [4.69, 9.17) is 4.84 Å². The molecule has 0 amide bonds. The third kappa shape index (κ3) is 4.65. The lowest BCUT2D eigenvalue weighted by atomic mass is 9.99. The van der Waals surface area contributed by atoms with Crippen LogP contribution >= 0.6 is 0 Å². The zero-order chi connectivity index (χ0) is 23.8. The zero-order valence-electron chi connectivity index (χ0n) is 17.2. The topological polar surface area (TPSA) is 84.6 Å². The molecule has 1 atom stereocenters. The standard InChI is InChI=1S/C21H18F5N5O2/c1-20(11-32)8-17(30-33-20)16-7-18(21(24,25)26)31(29-16)19-6-5-12(9-28-19)27-10-13-14(22)3-2-4-15(13)23/h2-7,9,27,32H,8,10-11H2,1H3. The van der Waals surface area contributed by atoms with Crippen molar-refractivity contribution in [3.8, 4) is 5.82 Å². The van der Waals surface area contributed by atoms with Crippen LogP contribution in [0.4, 0.5) is 27.6 Å². The smallest absolute Gasteiger partial charge is 0.392 e. The highest BCUT2D eigenvalue weighted by Gasteiger charge is 2.40. The number of alkyl halides is 3. The van der Waals surface area contributed by atoms with Gasteiger partial charge in [-0.2, -0.15) is 18.3 Å². The summed E-state index contributed by atoms with van der Waals surface area (Å²) in [6.45, 7) is 1.04. The fraction of sp³-hybridized carbons (Fsp3) is 0.286. The number of rotatable bonds is 6. The largest absolute Gasteiger partial charge is 0.433 e. The summed E-state index contributed by atoms with van der Waals surface area (Å²) in [6.07, 6.45) is -3.41. The Labute approximate surface area is 184 Å². The molecule has 0 saturated heterocycles. The Balaban J connectivity index is 1.58. The minimum absolute atomic E-state index is 0.0569. The first kappa shape index (κ1) is 22.6. The quantitative estimate of drug-likeness (QED) is 0.535. The Hall–Kier alpha value is -3.54. The fourth-order valence-electron chi connectivity index (χ4n) is 3.21. The van der Waals surface area contributed by atoms with Gasteiger partial charge in [0.15, 0.2) is 17.1 Å². The van der Waals surface area contributed by atoms with Gasteiger partial charge in [-0.1, -0.05) is 11.2 Å². The summed E-state index contributed by atoms with van der Waals surface area (Å²) in [5.74, 6) is -1.57. The lowest BCUT2D eigenvalue weighted by Crippen LogP contribution is -2.29. The predicted molar refractivity (Wildman–Crippen MR) is 108 cm³/mol. The third-order valence-electron chi connectivity index (χ3n) is 5.04. The minimum atomic E-state index is -4.73. The molecule has 7 nitrogen and oxygen atoms in total. The molecule has 0 spiro atoms. The average molecular weight is 467 g/mol. The van der Waals surface area contributed by atoms with Crippen LogP contribution in [0.2, 0.25) is 0 Å². The van der Waals surface area contributed by atoms with Crippen molar-refractivity contribution < 1.29 is 31.9 Å². The van der Waals surface area contributed by atoms with Crippen molar-refractivity contribution in [3.05, 3.63) is 71.2 Å². The summed E-state index contributed by atoms with van der Waals surface area (Å²) >= 11 is 0. The van der Waals surface area contributed by atoms with Crippen molar-refractivity contribution >= 4 is 11.4 Å². The van der Waals surface area contributed by atoms with E-state index in [9.17, 15) is 27.1 Å². The van der Waals surface area contributed by atoms with E-state index >= 15 is 0 Å². The van der Waals surface area contributed by atoms with E-state index in [0.29, 0.717) is 10.4 Å². The molecule has 0 bridgehead atoms. The lowest BCUT2D eigenvalue weighted by molar-refractivity contribution is -0.142. The molecule has 12 heteroatoms. The number of nitrogens with one attached hydrogen (secondary N) is 1. The molecule has 0 saturated carbocycles. The summed E-state index contributed by atoms with van der Waals surface area (Å²) < 4.78 is 69.0. The second-order valence-corrected chi connectivity index (χ2v) is 7.70. The first-order chi connectivity index (χ1) is 15.6. The van der Waals surface area contributed by atoms with Crippen LogP contribution in [-0.4, -0.2) is 37.8 Å². The van der Waals surface area contributed by atoms with Crippen LogP contribution < -0.4 is 5.32 Å². The van der Waals surface area contributed by atoms with E-state index in [1.165, 1.54) is 24.4 Å². The van der Waals surface area contributed by atoms with Crippen molar-refractivity contribution in [2.45, 2.75) is 31.7 Å². The van der Waals surface area contributed by atoms with Crippen molar-refractivity contribution in [2.75, 3.05) is 11.9 Å². The second-order valence-electron chi connectivity index (χ2n) is 7.70. The number of oxime groups is 1. The number of aromatic nitrogens is 3. The predicted octanol–water partition coefficient (Wildman–Crippen LogP) is 4.05. The molecular formula is C21H18F5N5O2. The van der Waals surface area contributed by atoms with Crippen molar-refractivity contribution in [1.29, 1.82) is 0 Å². The number of pyridine rings is 1. The fourth-order valence-corrected chi connectivity index (χ4v) is 3.21. The maximum atomic E-state index is 13.7. The van der Waals surface area contributed by atoms with E-state index < -0.39 is 29.1 Å². The lowest BCUT2D eigenvalue weighted by Gasteiger charge is -2.16. The maximum Gasteiger partial charge on any atom is 0.433 e. The number of anilines is 1. The van der Waals surface area contributed by atoms with Crippen LogP contribution in [0.1, 0.15) is 30.3 Å². The molecule has 3 aromatic rings. The monoisotopic (exact) mass is 467 g/mol. The Bertz CT molecular complexity index is 1170. The molecule has 3 heterocycles. The van der Waals surface area contributed by atoms with Gasteiger partial charge in [0, 0.05) is 18.5 Å². The van der Waals surface area contributed by atoms with Crippen LogP contribution in [0.15, 0.2) is 47.8 Å². The van der Waals surface area contributed by atoms with E-state index in [1.807, 2.05) is 0 Å². The normalized spacial score (nSPS) is 18.2. The first-order valence-electron chi connectivity index (χ1n) is 9.76. The molecule has 1 aliphatic rings. The maximum absolute atomic E-state index is 13.7. The third-order valence-corrected chi connectivity index (χ3v) is 5.04. The molecule has 2 aromatic heterocycles. The van der Waals surface area contributed by atoms with Gasteiger partial charge in [-0.15, -0.1) is 0 Å². The van der Waals surface area contributed by atoms with E-state index in [0.717, 1.165) is 18.2 Å². The van der Waals surface area contributed by atoms with Crippen molar-refractivity contribution in [3.63, 3.8) is 0 Å². The Morgan fingerprint density at radius 3 is 2.48 bits per heavy atom. The van der Waals surface area contributed by atoms with Gasteiger partial charge in [0.05, 0.1) is 18.5 Å². The number of aliphatic hydroxyl groups excluding tert-OH is 1. The van der Waals surface area contributed by atoms with Gasteiger partial charge in [-0.25, -0.2) is 18.4 Å². The van der Waals surface area contributed by atoms with E-state index in [-0.39, 0.29) is 42.4 Å². The summed E-state index contributed by atoms with van der Waals surface area (Å²) in [5.41, 5.74) is -1.82. The van der Waals surface area contributed by atoms with Gasteiger partial charge in [0.1, 0.15) is 23.0 Å². The molecule has 4 rings (SSSR count). The number of nitrogens with zero attached hydrogens (tertiary/aromatic N) is 4. The van der Waals surface area contributed by atoms with Crippen LogP contribution in [0.5, 0.6) is 0 Å². The van der Waals surface area contributed by atoms with Gasteiger partial charge in [0.2, 0.25) is 0 Å². The van der Waals surface area contributed by atoms with Gasteiger partial charge >= 0.3 is 6.18 Å². The van der Waals surface area contributed by atoms with E-state index in [2.05, 4.69) is 20.6 Å². The molecule has 0 fully saturated rings. The van der Waals surface area contributed by atoms with Gasteiger partial charge < -0.3 is 15.3 Å². The van der Waals surface area contributed by atoms with Crippen LogP contribution in [0.25, 0.3) is 5.82 Å². The van der Waals surface area contributed by atoms with Crippen LogP contribution in [0, 0.1) is 11.6 Å². The number of halogens is 5. The number of hydrogen-bond donors (Lipinski definition) is 2. The highest BCUT2D eigenvalue weighted by molar-refractivity contribution is 6.00. The molecule has 1 aliphatic heterocycles. The Morgan fingerprint density at radius 2 is 1.91 bits per heavy atom. The van der Waals surface area contributed by atoms with Crippen LogP contribution in [0.3, 0.4) is 0 Å². The van der Waals surface area contributed by atoms with Crippen molar-refractivity contribution in [2.24, 2.45) is 5.16 Å². The summed E-state index contributed by atoms with van der Waals surface area (Å²) in [6, 6.07) is 7.03. The first-order valence-corrected chi connectivity index (χ1v) is 9.76. The molecule has 174 valence electrons. The number of aliphatic hydroxyl groups is 1.